The quantitative estimate of drug-likeness (QED) is 0.712. The lowest BCUT2D eigenvalue weighted by Gasteiger charge is -2.46. The van der Waals surface area contributed by atoms with E-state index in [1.54, 1.807) is 0 Å². The highest BCUT2D eigenvalue weighted by atomic mass is 16.2. The zero-order valence-electron chi connectivity index (χ0n) is 10.3. The van der Waals surface area contributed by atoms with E-state index in [1.807, 2.05) is 13.8 Å². The molecule has 4 nitrogen and oxygen atoms in total. The topological polar surface area (TPSA) is 58.4 Å². The number of nitrogens with one attached hydrogen (secondary N) is 1. The van der Waals surface area contributed by atoms with Gasteiger partial charge in [0.1, 0.15) is 0 Å². The van der Waals surface area contributed by atoms with Crippen molar-refractivity contribution in [1.29, 1.82) is 0 Å². The van der Waals surface area contributed by atoms with Crippen LogP contribution in [0.25, 0.3) is 0 Å². The molecule has 0 radical (unpaired) electrons. The van der Waals surface area contributed by atoms with Crippen LogP contribution in [-0.2, 0) is 4.79 Å². The van der Waals surface area contributed by atoms with Crippen LogP contribution in [-0.4, -0.2) is 42.0 Å². The number of hydrogen-bond acceptors (Lipinski definition) is 3. The lowest BCUT2D eigenvalue weighted by atomic mass is 9.92. The van der Waals surface area contributed by atoms with E-state index in [0.29, 0.717) is 12.0 Å². The first-order valence-corrected chi connectivity index (χ1v) is 6.32. The average Bonchev–Trinajstić information content (AvgIpc) is 2.69. The highest BCUT2D eigenvalue weighted by Crippen LogP contribution is 2.34. The van der Waals surface area contributed by atoms with Crippen molar-refractivity contribution in [2.24, 2.45) is 11.7 Å². The standard InChI is InChI=1S/C12H23N3O/c1-12(2)11(16)14-6-7-15(12)10-5-3-4-9(10)8-13/h9-10H,3-8,13H2,1-2H3,(H,14,16). The van der Waals surface area contributed by atoms with Gasteiger partial charge in [-0.15, -0.1) is 0 Å². The largest absolute Gasteiger partial charge is 0.353 e. The Bertz CT molecular complexity index is 277. The van der Waals surface area contributed by atoms with Gasteiger partial charge in [-0.05, 0) is 39.2 Å². The van der Waals surface area contributed by atoms with Gasteiger partial charge in [-0.2, -0.15) is 0 Å². The Labute approximate surface area is 97.6 Å². The molecule has 2 atom stereocenters. The van der Waals surface area contributed by atoms with E-state index in [2.05, 4.69) is 10.2 Å². The van der Waals surface area contributed by atoms with Gasteiger partial charge in [0.2, 0.25) is 5.91 Å². The zero-order valence-corrected chi connectivity index (χ0v) is 10.3. The third-order valence-corrected chi connectivity index (χ3v) is 4.23. The minimum atomic E-state index is -0.374. The number of rotatable bonds is 2. The number of carbonyl (C=O) groups is 1. The highest BCUT2D eigenvalue weighted by Gasteiger charge is 2.44. The molecule has 3 N–H and O–H groups in total. The van der Waals surface area contributed by atoms with E-state index in [1.165, 1.54) is 19.3 Å². The summed E-state index contributed by atoms with van der Waals surface area (Å²) in [5.41, 5.74) is 5.45. The number of nitrogens with zero attached hydrogens (tertiary/aromatic N) is 1. The van der Waals surface area contributed by atoms with Crippen LogP contribution in [0, 0.1) is 5.92 Å². The maximum Gasteiger partial charge on any atom is 0.240 e. The van der Waals surface area contributed by atoms with Gasteiger partial charge in [-0.1, -0.05) is 6.42 Å². The molecule has 0 spiro atoms. The minimum absolute atomic E-state index is 0.154. The number of piperazine rings is 1. The minimum Gasteiger partial charge on any atom is -0.353 e. The van der Waals surface area contributed by atoms with Crippen LogP contribution < -0.4 is 11.1 Å². The second kappa shape index (κ2) is 4.34. The number of amides is 1. The van der Waals surface area contributed by atoms with Gasteiger partial charge in [0.25, 0.3) is 0 Å². The fraction of sp³-hybridized carbons (Fsp3) is 0.917. The molecule has 2 fully saturated rings. The summed E-state index contributed by atoms with van der Waals surface area (Å²) >= 11 is 0. The smallest absolute Gasteiger partial charge is 0.240 e. The van der Waals surface area contributed by atoms with Crippen LogP contribution in [0.4, 0.5) is 0 Å². The van der Waals surface area contributed by atoms with Crippen molar-refractivity contribution in [3.63, 3.8) is 0 Å². The summed E-state index contributed by atoms with van der Waals surface area (Å²) in [6.07, 6.45) is 3.66. The highest BCUT2D eigenvalue weighted by molar-refractivity contribution is 5.86. The molecule has 1 saturated carbocycles. The molecule has 2 aliphatic rings. The summed E-state index contributed by atoms with van der Waals surface area (Å²) in [7, 11) is 0. The Morgan fingerprint density at radius 3 is 2.94 bits per heavy atom. The third kappa shape index (κ3) is 1.84. The maximum atomic E-state index is 11.9. The first-order chi connectivity index (χ1) is 7.57. The Morgan fingerprint density at radius 2 is 2.25 bits per heavy atom. The van der Waals surface area contributed by atoms with Crippen molar-refractivity contribution < 1.29 is 4.79 Å². The SMILES string of the molecule is CC1(C)C(=O)NCCN1C1CCCC1CN. The monoisotopic (exact) mass is 225 g/mol. The molecule has 4 heteroatoms. The van der Waals surface area contributed by atoms with Crippen LogP contribution in [0.5, 0.6) is 0 Å². The predicted octanol–water partition coefficient (Wildman–Crippen LogP) is 0.324. The van der Waals surface area contributed by atoms with Gasteiger partial charge >= 0.3 is 0 Å². The van der Waals surface area contributed by atoms with Crippen LogP contribution in [0.2, 0.25) is 0 Å². The normalized spacial score (nSPS) is 35.1. The van der Waals surface area contributed by atoms with Crippen LogP contribution in [0.1, 0.15) is 33.1 Å². The summed E-state index contributed by atoms with van der Waals surface area (Å²) in [4.78, 5) is 14.3. The summed E-state index contributed by atoms with van der Waals surface area (Å²) in [5.74, 6) is 0.728. The first kappa shape index (κ1) is 11.9. The molecule has 1 amide bonds. The molecule has 16 heavy (non-hydrogen) atoms. The third-order valence-electron chi connectivity index (χ3n) is 4.23. The number of nitrogens with two attached hydrogens (primary N) is 1. The van der Waals surface area contributed by atoms with Crippen molar-refractivity contribution in [3.05, 3.63) is 0 Å². The van der Waals surface area contributed by atoms with Gasteiger partial charge in [0.15, 0.2) is 0 Å². The number of hydrogen-bond donors (Lipinski definition) is 2. The van der Waals surface area contributed by atoms with E-state index < -0.39 is 0 Å². The summed E-state index contributed by atoms with van der Waals surface area (Å²) in [5, 5.41) is 2.95. The second-order valence-electron chi connectivity index (χ2n) is 5.50. The predicted molar refractivity (Wildman–Crippen MR) is 64.0 cm³/mol. The van der Waals surface area contributed by atoms with Gasteiger partial charge < -0.3 is 11.1 Å². The summed E-state index contributed by atoms with van der Waals surface area (Å²) in [6, 6.07) is 0.506. The Morgan fingerprint density at radius 1 is 1.50 bits per heavy atom. The summed E-state index contributed by atoms with van der Waals surface area (Å²) < 4.78 is 0. The van der Waals surface area contributed by atoms with E-state index >= 15 is 0 Å². The van der Waals surface area contributed by atoms with E-state index in [4.69, 9.17) is 5.73 Å². The molecule has 1 aliphatic heterocycles. The molecule has 1 heterocycles. The van der Waals surface area contributed by atoms with Crippen molar-refractivity contribution >= 4 is 5.91 Å². The van der Waals surface area contributed by atoms with Gasteiger partial charge in [-0.3, -0.25) is 9.69 Å². The molecule has 92 valence electrons. The van der Waals surface area contributed by atoms with Crippen molar-refractivity contribution in [2.45, 2.75) is 44.7 Å². The first-order valence-electron chi connectivity index (χ1n) is 6.32. The molecule has 0 aromatic rings. The van der Waals surface area contributed by atoms with Crippen LogP contribution in [0.15, 0.2) is 0 Å². The Hall–Kier alpha value is -0.610. The molecule has 0 bridgehead atoms. The molecule has 1 saturated heterocycles. The maximum absolute atomic E-state index is 11.9. The summed E-state index contributed by atoms with van der Waals surface area (Å²) in [6.45, 7) is 6.52. The van der Waals surface area contributed by atoms with Crippen LogP contribution >= 0.6 is 0 Å². The molecular weight excluding hydrogens is 202 g/mol. The zero-order chi connectivity index (χ0) is 11.8. The Balaban J connectivity index is 2.15. The molecule has 2 rings (SSSR count). The van der Waals surface area contributed by atoms with Crippen molar-refractivity contribution in [2.75, 3.05) is 19.6 Å². The fourth-order valence-electron chi connectivity index (χ4n) is 3.20. The van der Waals surface area contributed by atoms with Crippen molar-refractivity contribution in [1.82, 2.24) is 10.2 Å². The lowest BCUT2D eigenvalue weighted by Crippen LogP contribution is -2.65. The second-order valence-corrected chi connectivity index (χ2v) is 5.50. The molecule has 0 aromatic carbocycles. The van der Waals surface area contributed by atoms with Gasteiger partial charge in [0, 0.05) is 19.1 Å². The van der Waals surface area contributed by atoms with E-state index in [9.17, 15) is 4.79 Å². The van der Waals surface area contributed by atoms with Crippen molar-refractivity contribution in [3.8, 4) is 0 Å². The lowest BCUT2D eigenvalue weighted by molar-refractivity contribution is -0.137. The molecular formula is C12H23N3O. The van der Waals surface area contributed by atoms with Crippen LogP contribution in [0.3, 0.4) is 0 Å². The fourth-order valence-corrected chi connectivity index (χ4v) is 3.20. The van der Waals surface area contributed by atoms with E-state index in [-0.39, 0.29) is 11.4 Å². The Kier molecular flexibility index (Phi) is 3.22. The average molecular weight is 225 g/mol. The molecule has 1 aliphatic carbocycles. The van der Waals surface area contributed by atoms with Gasteiger partial charge in [0.05, 0.1) is 5.54 Å². The van der Waals surface area contributed by atoms with E-state index in [0.717, 1.165) is 19.6 Å². The molecule has 2 unspecified atom stereocenters. The van der Waals surface area contributed by atoms with Gasteiger partial charge in [-0.25, -0.2) is 0 Å². The molecule has 0 aromatic heterocycles. The number of carbonyl (C=O) groups excluding carboxylic acids is 1.